The number of hydrogen-bond donors (Lipinski definition) is 1. The molecule has 0 radical (unpaired) electrons. The maximum Gasteiger partial charge on any atom is 0.303 e. The number of aliphatic carboxylic acids is 1. The molecule has 3 aromatic rings. The summed E-state index contributed by atoms with van der Waals surface area (Å²) in [4.78, 5) is 10.7. The van der Waals surface area contributed by atoms with Gasteiger partial charge >= 0.3 is 5.97 Å². The Kier molecular flexibility index (Phi) is 3.11. The lowest BCUT2D eigenvalue weighted by Gasteiger charge is -2.20. The lowest BCUT2D eigenvalue weighted by atomic mass is 9.84. The molecule has 3 aromatic carbocycles. The van der Waals surface area contributed by atoms with E-state index in [2.05, 4.69) is 42.5 Å². The fraction of sp³-hybridized carbons (Fsp3) is 0.250. The van der Waals surface area contributed by atoms with Crippen LogP contribution in [0, 0.1) is 0 Å². The van der Waals surface area contributed by atoms with Crippen LogP contribution in [0.1, 0.15) is 29.5 Å². The first-order valence-corrected chi connectivity index (χ1v) is 7.91. The van der Waals surface area contributed by atoms with E-state index in [1.165, 1.54) is 38.2 Å². The summed E-state index contributed by atoms with van der Waals surface area (Å²) < 4.78 is 0. The van der Waals surface area contributed by atoms with Gasteiger partial charge in [0.05, 0.1) is 0 Å². The first-order chi connectivity index (χ1) is 10.7. The molecule has 1 aliphatic rings. The highest BCUT2D eigenvalue weighted by Gasteiger charge is 2.16. The van der Waals surface area contributed by atoms with Crippen LogP contribution in [-0.2, 0) is 24.1 Å². The minimum absolute atomic E-state index is 0.238. The molecule has 0 aliphatic heterocycles. The van der Waals surface area contributed by atoms with Gasteiger partial charge in [-0.15, -0.1) is 0 Å². The molecule has 0 saturated carbocycles. The number of aryl methyl sites for hydroxylation is 3. The second kappa shape index (κ2) is 5.13. The van der Waals surface area contributed by atoms with Gasteiger partial charge in [0.15, 0.2) is 0 Å². The van der Waals surface area contributed by atoms with Crippen molar-refractivity contribution in [2.24, 2.45) is 0 Å². The first kappa shape index (κ1) is 13.3. The van der Waals surface area contributed by atoms with Crippen molar-refractivity contribution in [2.75, 3.05) is 0 Å². The van der Waals surface area contributed by atoms with Gasteiger partial charge in [-0.2, -0.15) is 0 Å². The second-order valence-corrected chi connectivity index (χ2v) is 6.13. The predicted molar refractivity (Wildman–Crippen MR) is 89.4 cm³/mol. The highest BCUT2D eigenvalue weighted by Crippen LogP contribution is 2.37. The summed E-state index contributed by atoms with van der Waals surface area (Å²) in [6.07, 6.45) is 3.98. The normalized spacial score (nSPS) is 13.1. The topological polar surface area (TPSA) is 37.3 Å². The Morgan fingerprint density at radius 1 is 0.955 bits per heavy atom. The van der Waals surface area contributed by atoms with E-state index in [9.17, 15) is 4.79 Å². The Balaban J connectivity index is 1.90. The number of carboxylic acid groups (broad SMARTS) is 1. The van der Waals surface area contributed by atoms with Crippen molar-refractivity contribution in [3.8, 4) is 0 Å². The fourth-order valence-electron chi connectivity index (χ4n) is 3.76. The molecular weight excluding hydrogens is 272 g/mol. The Hall–Kier alpha value is -2.35. The Morgan fingerprint density at radius 2 is 1.77 bits per heavy atom. The van der Waals surface area contributed by atoms with Crippen molar-refractivity contribution in [3.63, 3.8) is 0 Å². The van der Waals surface area contributed by atoms with Gasteiger partial charge in [0.1, 0.15) is 0 Å². The number of benzene rings is 3. The summed E-state index contributed by atoms with van der Waals surface area (Å²) in [5, 5.41) is 14.3. The predicted octanol–water partition coefficient (Wildman–Crippen LogP) is 4.50. The van der Waals surface area contributed by atoms with Gasteiger partial charge in [0.25, 0.3) is 0 Å². The molecule has 0 bridgehead atoms. The van der Waals surface area contributed by atoms with Crippen molar-refractivity contribution in [2.45, 2.75) is 32.1 Å². The molecule has 2 heteroatoms. The quantitative estimate of drug-likeness (QED) is 0.718. The van der Waals surface area contributed by atoms with Crippen molar-refractivity contribution in [1.82, 2.24) is 0 Å². The third-order valence-corrected chi connectivity index (χ3v) is 4.79. The summed E-state index contributed by atoms with van der Waals surface area (Å²) in [5.74, 6) is -0.713. The van der Waals surface area contributed by atoms with Gasteiger partial charge in [-0.1, -0.05) is 42.5 Å². The lowest BCUT2D eigenvalue weighted by molar-refractivity contribution is -0.137. The lowest BCUT2D eigenvalue weighted by Crippen LogP contribution is -2.03. The highest BCUT2D eigenvalue weighted by atomic mass is 16.4. The molecule has 22 heavy (non-hydrogen) atoms. The molecule has 1 N–H and O–H groups in total. The third-order valence-electron chi connectivity index (χ3n) is 4.79. The van der Waals surface area contributed by atoms with Crippen LogP contribution in [0.4, 0.5) is 0 Å². The average Bonchev–Trinajstić information content (AvgIpc) is 2.53. The SMILES string of the molecule is O=C(O)CCCc1ccc2c3c1ccc1cccc(c13)CC2. The van der Waals surface area contributed by atoms with Crippen LogP contribution in [0.3, 0.4) is 0 Å². The molecule has 110 valence electrons. The third kappa shape index (κ3) is 2.07. The monoisotopic (exact) mass is 290 g/mol. The standard InChI is InChI=1S/C20H18O2/c21-18(22)6-2-3-13-7-8-16-10-9-14-4-1-5-15-11-12-17(13)20(16)19(14)15/h1,4-5,7-8,11-12H,2-3,6,9-10H2,(H,21,22). The van der Waals surface area contributed by atoms with Gasteiger partial charge in [-0.3, -0.25) is 4.79 Å². The molecule has 0 spiro atoms. The zero-order valence-electron chi connectivity index (χ0n) is 12.4. The average molecular weight is 290 g/mol. The highest BCUT2D eigenvalue weighted by molar-refractivity contribution is 6.12. The van der Waals surface area contributed by atoms with E-state index in [0.717, 1.165) is 19.3 Å². The smallest absolute Gasteiger partial charge is 0.303 e. The maximum absolute atomic E-state index is 10.7. The van der Waals surface area contributed by atoms with E-state index in [1.807, 2.05) is 0 Å². The molecule has 2 nitrogen and oxygen atoms in total. The van der Waals surface area contributed by atoms with Crippen LogP contribution >= 0.6 is 0 Å². The molecular formula is C20H18O2. The van der Waals surface area contributed by atoms with Gasteiger partial charge in [-0.25, -0.2) is 0 Å². The first-order valence-electron chi connectivity index (χ1n) is 7.91. The Bertz CT molecular complexity index is 893. The molecule has 0 unspecified atom stereocenters. The minimum atomic E-state index is -0.713. The van der Waals surface area contributed by atoms with Crippen LogP contribution in [0.5, 0.6) is 0 Å². The summed E-state index contributed by atoms with van der Waals surface area (Å²) in [6.45, 7) is 0. The van der Waals surface area contributed by atoms with Gasteiger partial charge in [0.2, 0.25) is 0 Å². The Morgan fingerprint density at radius 3 is 2.59 bits per heavy atom. The van der Waals surface area contributed by atoms with Gasteiger partial charge in [-0.05, 0) is 63.9 Å². The molecule has 1 aliphatic carbocycles. The van der Waals surface area contributed by atoms with Crippen LogP contribution in [0.2, 0.25) is 0 Å². The number of hydrogen-bond acceptors (Lipinski definition) is 1. The van der Waals surface area contributed by atoms with E-state index in [1.54, 1.807) is 0 Å². The molecule has 0 atom stereocenters. The van der Waals surface area contributed by atoms with Crippen LogP contribution in [0.15, 0.2) is 42.5 Å². The zero-order valence-corrected chi connectivity index (χ0v) is 12.4. The van der Waals surface area contributed by atoms with E-state index < -0.39 is 5.97 Å². The van der Waals surface area contributed by atoms with Gasteiger partial charge < -0.3 is 5.11 Å². The number of rotatable bonds is 4. The second-order valence-electron chi connectivity index (χ2n) is 6.13. The summed E-state index contributed by atoms with van der Waals surface area (Å²) in [7, 11) is 0. The van der Waals surface area contributed by atoms with Gasteiger partial charge in [0, 0.05) is 6.42 Å². The van der Waals surface area contributed by atoms with E-state index >= 15 is 0 Å². The van der Waals surface area contributed by atoms with E-state index in [-0.39, 0.29) is 6.42 Å². The Labute approximate surface area is 129 Å². The summed E-state index contributed by atoms with van der Waals surface area (Å²) in [5.41, 5.74) is 4.15. The van der Waals surface area contributed by atoms with E-state index in [4.69, 9.17) is 5.11 Å². The van der Waals surface area contributed by atoms with Crippen molar-refractivity contribution in [3.05, 3.63) is 59.2 Å². The zero-order chi connectivity index (χ0) is 15.1. The van der Waals surface area contributed by atoms with Crippen LogP contribution < -0.4 is 0 Å². The largest absolute Gasteiger partial charge is 0.481 e. The van der Waals surface area contributed by atoms with Crippen molar-refractivity contribution in [1.29, 1.82) is 0 Å². The van der Waals surface area contributed by atoms with Crippen LogP contribution in [0.25, 0.3) is 21.5 Å². The summed E-state index contributed by atoms with van der Waals surface area (Å²) in [6, 6.07) is 15.4. The molecule has 4 rings (SSSR count). The molecule has 0 amide bonds. The van der Waals surface area contributed by atoms with Crippen molar-refractivity contribution >= 4 is 27.5 Å². The molecule has 0 fully saturated rings. The van der Waals surface area contributed by atoms with E-state index in [0.29, 0.717) is 6.42 Å². The molecule has 0 aromatic heterocycles. The number of carboxylic acids is 1. The maximum atomic E-state index is 10.7. The minimum Gasteiger partial charge on any atom is -0.481 e. The van der Waals surface area contributed by atoms with Crippen LogP contribution in [-0.4, -0.2) is 11.1 Å². The summed E-state index contributed by atoms with van der Waals surface area (Å²) >= 11 is 0. The van der Waals surface area contributed by atoms with Crippen molar-refractivity contribution < 1.29 is 9.90 Å². The molecule has 0 saturated heterocycles. The molecule has 0 heterocycles. The fourth-order valence-corrected chi connectivity index (χ4v) is 3.76. The number of carbonyl (C=O) groups is 1.